The molecular weight excluding hydrogens is 526 g/mol. The standard InChI is InChI=1S/C31H39N3O5S/c1-5-6-21-32-31(36)25(3)33(22-20-26-10-8-7-9-11-26)30(35)23-34(27-14-12-24(2)13-15-27)40(37,38)29-18-16-28(39-4)17-19-29/h7-19,25H,5-6,20-23H2,1-4H3,(H,32,36)/t25-/m1/s1. The molecule has 0 aromatic heterocycles. The highest BCUT2D eigenvalue weighted by atomic mass is 32.2. The van der Waals surface area contributed by atoms with Crippen molar-refractivity contribution in [3.8, 4) is 5.75 Å². The first-order valence-corrected chi connectivity index (χ1v) is 15.0. The van der Waals surface area contributed by atoms with Crippen LogP contribution in [-0.4, -0.2) is 57.9 Å². The summed E-state index contributed by atoms with van der Waals surface area (Å²) in [6.07, 6.45) is 2.28. The van der Waals surface area contributed by atoms with E-state index in [4.69, 9.17) is 4.74 Å². The number of amides is 2. The molecule has 0 unspecified atom stereocenters. The van der Waals surface area contributed by atoms with E-state index in [1.54, 1.807) is 43.3 Å². The Bertz CT molecular complexity index is 1340. The molecule has 2 amide bonds. The molecule has 0 aliphatic heterocycles. The zero-order chi connectivity index (χ0) is 29.1. The van der Waals surface area contributed by atoms with E-state index >= 15 is 0 Å². The van der Waals surface area contributed by atoms with Crippen molar-refractivity contribution in [2.24, 2.45) is 0 Å². The average Bonchev–Trinajstić information content (AvgIpc) is 2.97. The van der Waals surface area contributed by atoms with Crippen LogP contribution in [0.3, 0.4) is 0 Å². The number of nitrogens with zero attached hydrogens (tertiary/aromatic N) is 2. The van der Waals surface area contributed by atoms with Gasteiger partial charge in [-0.15, -0.1) is 0 Å². The van der Waals surface area contributed by atoms with Gasteiger partial charge in [-0.1, -0.05) is 61.4 Å². The Morgan fingerprint density at radius 2 is 1.60 bits per heavy atom. The highest BCUT2D eigenvalue weighted by molar-refractivity contribution is 7.92. The van der Waals surface area contributed by atoms with Gasteiger partial charge >= 0.3 is 0 Å². The van der Waals surface area contributed by atoms with Crippen molar-refractivity contribution in [1.82, 2.24) is 10.2 Å². The Morgan fingerprint density at radius 1 is 0.950 bits per heavy atom. The molecule has 3 rings (SSSR count). The molecule has 3 aromatic carbocycles. The second-order valence-corrected chi connectivity index (χ2v) is 11.5. The first-order chi connectivity index (χ1) is 19.2. The van der Waals surface area contributed by atoms with Gasteiger partial charge in [0.25, 0.3) is 10.0 Å². The van der Waals surface area contributed by atoms with Gasteiger partial charge in [0.1, 0.15) is 18.3 Å². The van der Waals surface area contributed by atoms with Crippen LogP contribution >= 0.6 is 0 Å². The van der Waals surface area contributed by atoms with Gasteiger partial charge in [-0.3, -0.25) is 13.9 Å². The topological polar surface area (TPSA) is 96.0 Å². The molecule has 40 heavy (non-hydrogen) atoms. The number of aryl methyl sites for hydroxylation is 1. The van der Waals surface area contributed by atoms with Crippen LogP contribution in [-0.2, 0) is 26.0 Å². The monoisotopic (exact) mass is 565 g/mol. The number of sulfonamides is 1. The van der Waals surface area contributed by atoms with Crippen LogP contribution in [0.15, 0.2) is 83.8 Å². The molecule has 0 bridgehead atoms. The first-order valence-electron chi connectivity index (χ1n) is 13.5. The van der Waals surface area contributed by atoms with E-state index in [1.165, 1.54) is 24.1 Å². The van der Waals surface area contributed by atoms with E-state index in [0.717, 1.165) is 28.3 Å². The normalized spacial score (nSPS) is 11.9. The number of ether oxygens (including phenoxy) is 1. The van der Waals surface area contributed by atoms with E-state index in [0.29, 0.717) is 24.4 Å². The number of benzene rings is 3. The van der Waals surface area contributed by atoms with Crippen molar-refractivity contribution in [2.45, 2.75) is 51.0 Å². The van der Waals surface area contributed by atoms with Crippen molar-refractivity contribution in [3.05, 3.63) is 90.0 Å². The molecule has 0 fully saturated rings. The quantitative estimate of drug-likeness (QED) is 0.289. The number of rotatable bonds is 14. The molecule has 0 heterocycles. The molecule has 0 saturated carbocycles. The lowest BCUT2D eigenvalue weighted by Gasteiger charge is -2.32. The SMILES string of the molecule is CCCCNC(=O)[C@@H](C)N(CCc1ccccc1)C(=O)CN(c1ccc(C)cc1)S(=O)(=O)c1ccc(OC)cc1. The van der Waals surface area contributed by atoms with Crippen LogP contribution < -0.4 is 14.4 Å². The molecule has 1 N–H and O–H groups in total. The minimum Gasteiger partial charge on any atom is -0.497 e. The first kappa shape index (κ1) is 30.7. The van der Waals surface area contributed by atoms with Crippen molar-refractivity contribution < 1.29 is 22.7 Å². The second-order valence-electron chi connectivity index (χ2n) is 9.67. The summed E-state index contributed by atoms with van der Waals surface area (Å²) in [5, 5.41) is 2.90. The Kier molecular flexibility index (Phi) is 11.1. The third-order valence-corrected chi connectivity index (χ3v) is 8.52. The fourth-order valence-electron chi connectivity index (χ4n) is 4.22. The van der Waals surface area contributed by atoms with Gasteiger partial charge in [-0.25, -0.2) is 8.42 Å². The lowest BCUT2D eigenvalue weighted by molar-refractivity contribution is -0.138. The predicted octanol–water partition coefficient (Wildman–Crippen LogP) is 4.58. The summed E-state index contributed by atoms with van der Waals surface area (Å²) < 4.78 is 34.0. The van der Waals surface area contributed by atoms with E-state index in [1.807, 2.05) is 44.2 Å². The van der Waals surface area contributed by atoms with Crippen molar-refractivity contribution in [2.75, 3.05) is 31.0 Å². The Hall–Kier alpha value is -3.85. The third kappa shape index (κ3) is 8.08. The smallest absolute Gasteiger partial charge is 0.264 e. The number of anilines is 1. The Morgan fingerprint density at radius 3 is 2.20 bits per heavy atom. The fourth-order valence-corrected chi connectivity index (χ4v) is 5.64. The van der Waals surface area contributed by atoms with Crippen molar-refractivity contribution in [3.63, 3.8) is 0 Å². The number of hydrogen-bond acceptors (Lipinski definition) is 5. The van der Waals surface area contributed by atoms with Gasteiger partial charge in [0.15, 0.2) is 0 Å². The third-order valence-electron chi connectivity index (χ3n) is 6.73. The van der Waals surface area contributed by atoms with E-state index in [2.05, 4.69) is 5.32 Å². The average molecular weight is 566 g/mol. The van der Waals surface area contributed by atoms with E-state index in [9.17, 15) is 18.0 Å². The number of carbonyl (C=O) groups is 2. The molecule has 0 saturated heterocycles. The fraction of sp³-hybridized carbons (Fsp3) is 0.355. The molecule has 0 spiro atoms. The van der Waals surface area contributed by atoms with E-state index in [-0.39, 0.29) is 17.3 Å². The lowest BCUT2D eigenvalue weighted by atomic mass is 10.1. The maximum atomic E-state index is 13.9. The Labute approximate surface area is 238 Å². The van der Waals surface area contributed by atoms with Crippen LogP contribution in [0.4, 0.5) is 5.69 Å². The summed E-state index contributed by atoms with van der Waals surface area (Å²) in [4.78, 5) is 28.4. The number of methoxy groups -OCH3 is 1. The van der Waals surface area contributed by atoms with Gasteiger partial charge in [0.05, 0.1) is 17.7 Å². The van der Waals surface area contributed by atoms with Gasteiger partial charge in [-0.05, 0) is 68.7 Å². The van der Waals surface area contributed by atoms with Crippen LogP contribution in [0.2, 0.25) is 0 Å². The van der Waals surface area contributed by atoms with Gasteiger partial charge in [-0.2, -0.15) is 0 Å². The summed E-state index contributed by atoms with van der Waals surface area (Å²) in [7, 11) is -2.62. The molecule has 0 aliphatic carbocycles. The van der Waals surface area contributed by atoms with Gasteiger partial charge in [0.2, 0.25) is 11.8 Å². The summed E-state index contributed by atoms with van der Waals surface area (Å²) in [6, 6.07) is 21.9. The molecule has 9 heteroatoms. The molecule has 8 nitrogen and oxygen atoms in total. The summed E-state index contributed by atoms with van der Waals surface area (Å²) in [5.41, 5.74) is 2.33. The summed E-state index contributed by atoms with van der Waals surface area (Å²) in [6.45, 7) is 5.93. The lowest BCUT2D eigenvalue weighted by Crippen LogP contribution is -2.52. The predicted molar refractivity (Wildman–Crippen MR) is 158 cm³/mol. The van der Waals surface area contributed by atoms with E-state index < -0.39 is 28.5 Å². The minimum atomic E-state index is -4.12. The largest absolute Gasteiger partial charge is 0.497 e. The number of unbranched alkanes of at least 4 members (excludes halogenated alkanes) is 1. The van der Waals surface area contributed by atoms with Crippen LogP contribution in [0.5, 0.6) is 5.75 Å². The van der Waals surface area contributed by atoms with Crippen molar-refractivity contribution >= 4 is 27.5 Å². The van der Waals surface area contributed by atoms with Gasteiger partial charge in [0, 0.05) is 13.1 Å². The minimum absolute atomic E-state index is 0.0304. The number of hydrogen-bond donors (Lipinski definition) is 1. The van der Waals surface area contributed by atoms with Crippen molar-refractivity contribution in [1.29, 1.82) is 0 Å². The summed E-state index contributed by atoms with van der Waals surface area (Å²) >= 11 is 0. The van der Waals surface area contributed by atoms with Crippen LogP contribution in [0, 0.1) is 6.92 Å². The highest BCUT2D eigenvalue weighted by Crippen LogP contribution is 2.26. The zero-order valence-electron chi connectivity index (χ0n) is 23.7. The number of carbonyl (C=O) groups excluding carboxylic acids is 2. The zero-order valence-corrected chi connectivity index (χ0v) is 24.5. The van der Waals surface area contributed by atoms with Gasteiger partial charge < -0.3 is 15.0 Å². The number of nitrogens with one attached hydrogen (secondary N) is 1. The molecule has 1 atom stereocenters. The molecule has 3 aromatic rings. The maximum absolute atomic E-state index is 13.9. The maximum Gasteiger partial charge on any atom is 0.264 e. The van der Waals surface area contributed by atoms with Crippen LogP contribution in [0.1, 0.15) is 37.8 Å². The highest BCUT2D eigenvalue weighted by Gasteiger charge is 2.32. The Balaban J connectivity index is 1.94. The second kappa shape index (κ2) is 14.5. The molecule has 0 radical (unpaired) electrons. The molecule has 0 aliphatic rings. The summed E-state index contributed by atoms with van der Waals surface area (Å²) in [5.74, 6) is -0.214. The molecular formula is C31H39N3O5S. The van der Waals surface area contributed by atoms with Crippen LogP contribution in [0.25, 0.3) is 0 Å². The molecule has 214 valence electrons.